The first kappa shape index (κ1) is 13.3. The first-order valence-electron chi connectivity index (χ1n) is 6.88. The molecule has 0 radical (unpaired) electrons. The molecule has 21 heavy (non-hydrogen) atoms. The Hall–Kier alpha value is -2.69. The maximum Gasteiger partial charge on any atom is 0.259 e. The van der Waals surface area contributed by atoms with Gasteiger partial charge in [-0.25, -0.2) is 9.97 Å². The molecule has 106 valence electrons. The summed E-state index contributed by atoms with van der Waals surface area (Å²) >= 11 is 0. The SMILES string of the molecule is C=CCc1cnc2c(c1)C(=O)Nc1cccnc1N2CC. The third-order valence-electron chi connectivity index (χ3n) is 3.41. The van der Waals surface area contributed by atoms with Gasteiger partial charge in [0.2, 0.25) is 0 Å². The van der Waals surface area contributed by atoms with Crippen molar-refractivity contribution in [2.24, 2.45) is 0 Å². The molecule has 1 N–H and O–H groups in total. The van der Waals surface area contributed by atoms with Crippen LogP contribution in [-0.2, 0) is 6.42 Å². The van der Waals surface area contributed by atoms with Gasteiger partial charge in [0.15, 0.2) is 5.82 Å². The van der Waals surface area contributed by atoms with E-state index in [0.717, 1.165) is 11.4 Å². The van der Waals surface area contributed by atoms with Gasteiger partial charge in [0.05, 0.1) is 11.3 Å². The molecule has 0 saturated heterocycles. The number of anilines is 3. The van der Waals surface area contributed by atoms with Crippen LogP contribution in [0.15, 0.2) is 43.2 Å². The van der Waals surface area contributed by atoms with E-state index < -0.39 is 0 Å². The Morgan fingerprint density at radius 3 is 3.00 bits per heavy atom. The van der Waals surface area contributed by atoms with Gasteiger partial charge < -0.3 is 10.2 Å². The van der Waals surface area contributed by atoms with Gasteiger partial charge in [-0.15, -0.1) is 6.58 Å². The molecule has 0 bridgehead atoms. The lowest BCUT2D eigenvalue weighted by Gasteiger charge is -2.21. The molecule has 0 saturated carbocycles. The van der Waals surface area contributed by atoms with E-state index in [-0.39, 0.29) is 5.91 Å². The number of allylic oxidation sites excluding steroid dienone is 1. The summed E-state index contributed by atoms with van der Waals surface area (Å²) in [6, 6.07) is 5.52. The Kier molecular flexibility index (Phi) is 3.39. The second kappa shape index (κ2) is 5.36. The van der Waals surface area contributed by atoms with Crippen molar-refractivity contribution in [3.8, 4) is 0 Å². The van der Waals surface area contributed by atoms with Crippen molar-refractivity contribution in [3.63, 3.8) is 0 Å². The normalized spacial score (nSPS) is 13.0. The summed E-state index contributed by atoms with van der Waals surface area (Å²) < 4.78 is 0. The topological polar surface area (TPSA) is 58.1 Å². The zero-order valence-electron chi connectivity index (χ0n) is 11.8. The lowest BCUT2D eigenvalue weighted by atomic mass is 10.1. The van der Waals surface area contributed by atoms with E-state index in [4.69, 9.17) is 0 Å². The zero-order valence-corrected chi connectivity index (χ0v) is 11.8. The highest BCUT2D eigenvalue weighted by molar-refractivity contribution is 6.11. The Balaban J connectivity index is 2.18. The number of carbonyl (C=O) groups is 1. The van der Waals surface area contributed by atoms with E-state index in [1.165, 1.54) is 0 Å². The number of rotatable bonds is 3. The fraction of sp³-hybridized carbons (Fsp3) is 0.188. The second-order valence-corrected chi connectivity index (χ2v) is 4.78. The predicted octanol–water partition coefficient (Wildman–Crippen LogP) is 2.93. The van der Waals surface area contributed by atoms with Crippen LogP contribution < -0.4 is 10.2 Å². The highest BCUT2D eigenvalue weighted by Crippen LogP contribution is 2.34. The summed E-state index contributed by atoms with van der Waals surface area (Å²) in [6.45, 7) is 6.41. The van der Waals surface area contributed by atoms with Crippen LogP contribution in [0.1, 0.15) is 22.8 Å². The summed E-state index contributed by atoms with van der Waals surface area (Å²) in [5.74, 6) is 1.20. The van der Waals surface area contributed by atoms with Crippen LogP contribution in [0.2, 0.25) is 0 Å². The molecule has 0 fully saturated rings. The van der Waals surface area contributed by atoms with Crippen LogP contribution in [0.25, 0.3) is 0 Å². The highest BCUT2D eigenvalue weighted by Gasteiger charge is 2.26. The molecule has 0 spiro atoms. The number of amides is 1. The van der Waals surface area contributed by atoms with E-state index in [2.05, 4.69) is 21.9 Å². The third kappa shape index (κ3) is 2.27. The molecule has 1 aliphatic rings. The minimum Gasteiger partial charge on any atom is -0.319 e. The zero-order chi connectivity index (χ0) is 14.8. The minimum atomic E-state index is -0.159. The number of hydrogen-bond donors (Lipinski definition) is 1. The Bertz CT molecular complexity index is 711. The smallest absolute Gasteiger partial charge is 0.259 e. The van der Waals surface area contributed by atoms with Crippen molar-refractivity contribution in [2.75, 3.05) is 16.8 Å². The predicted molar refractivity (Wildman–Crippen MR) is 83.0 cm³/mol. The van der Waals surface area contributed by atoms with E-state index in [1.807, 2.05) is 24.0 Å². The number of nitrogens with one attached hydrogen (secondary N) is 1. The maximum absolute atomic E-state index is 12.5. The number of nitrogens with zero attached hydrogens (tertiary/aromatic N) is 3. The fourth-order valence-electron chi connectivity index (χ4n) is 2.46. The molecular formula is C16H16N4O. The second-order valence-electron chi connectivity index (χ2n) is 4.78. The molecule has 0 aliphatic carbocycles. The van der Waals surface area contributed by atoms with Gasteiger partial charge in [-0.3, -0.25) is 4.79 Å². The quantitative estimate of drug-likeness (QED) is 0.878. The van der Waals surface area contributed by atoms with Crippen LogP contribution in [0.3, 0.4) is 0 Å². The molecular weight excluding hydrogens is 264 g/mol. The van der Waals surface area contributed by atoms with Gasteiger partial charge in [0.25, 0.3) is 5.91 Å². The molecule has 5 nitrogen and oxygen atoms in total. The van der Waals surface area contributed by atoms with E-state index in [1.54, 1.807) is 24.5 Å². The molecule has 0 aromatic carbocycles. The number of aromatic nitrogens is 2. The maximum atomic E-state index is 12.5. The Labute approximate surface area is 123 Å². The van der Waals surface area contributed by atoms with Crippen molar-refractivity contribution in [3.05, 3.63) is 54.4 Å². The van der Waals surface area contributed by atoms with Crippen molar-refractivity contribution in [2.45, 2.75) is 13.3 Å². The van der Waals surface area contributed by atoms with Crippen LogP contribution in [-0.4, -0.2) is 22.4 Å². The molecule has 3 rings (SSSR count). The fourth-order valence-corrected chi connectivity index (χ4v) is 2.46. The lowest BCUT2D eigenvalue weighted by Crippen LogP contribution is -2.20. The molecule has 0 unspecified atom stereocenters. The molecule has 1 amide bonds. The first-order valence-corrected chi connectivity index (χ1v) is 6.88. The van der Waals surface area contributed by atoms with Crippen molar-refractivity contribution in [1.82, 2.24) is 9.97 Å². The van der Waals surface area contributed by atoms with Gasteiger partial charge in [-0.2, -0.15) is 0 Å². The average Bonchev–Trinajstić information content (AvgIpc) is 2.62. The van der Waals surface area contributed by atoms with Crippen molar-refractivity contribution >= 4 is 23.2 Å². The van der Waals surface area contributed by atoms with Crippen LogP contribution in [0, 0.1) is 0 Å². The van der Waals surface area contributed by atoms with E-state index >= 15 is 0 Å². The standard InChI is InChI=1S/C16H16N4O/c1-3-6-11-9-12-14(18-10-11)20(4-2)15-13(19-16(12)21)7-5-8-17-15/h3,5,7-10H,1,4,6H2,2H3,(H,19,21). The van der Waals surface area contributed by atoms with Crippen LogP contribution in [0.5, 0.6) is 0 Å². The highest BCUT2D eigenvalue weighted by atomic mass is 16.1. The Morgan fingerprint density at radius 1 is 1.38 bits per heavy atom. The summed E-state index contributed by atoms with van der Waals surface area (Å²) in [6.07, 6.45) is 5.98. The van der Waals surface area contributed by atoms with E-state index in [0.29, 0.717) is 30.0 Å². The van der Waals surface area contributed by atoms with Crippen molar-refractivity contribution in [1.29, 1.82) is 0 Å². The Morgan fingerprint density at radius 2 is 2.24 bits per heavy atom. The summed E-state index contributed by atoms with van der Waals surface area (Å²) in [5.41, 5.74) is 2.23. The lowest BCUT2D eigenvalue weighted by molar-refractivity contribution is 0.102. The van der Waals surface area contributed by atoms with E-state index in [9.17, 15) is 4.79 Å². The van der Waals surface area contributed by atoms with Crippen LogP contribution in [0.4, 0.5) is 17.3 Å². The van der Waals surface area contributed by atoms with Gasteiger partial charge in [-0.1, -0.05) is 6.08 Å². The number of hydrogen-bond acceptors (Lipinski definition) is 4. The van der Waals surface area contributed by atoms with Crippen molar-refractivity contribution < 1.29 is 4.79 Å². The van der Waals surface area contributed by atoms with Gasteiger partial charge in [0, 0.05) is 18.9 Å². The summed E-state index contributed by atoms with van der Waals surface area (Å²) in [7, 11) is 0. The molecule has 3 heterocycles. The summed E-state index contributed by atoms with van der Waals surface area (Å²) in [5, 5.41) is 2.90. The number of carbonyl (C=O) groups excluding carboxylic acids is 1. The minimum absolute atomic E-state index is 0.159. The molecule has 1 aliphatic heterocycles. The largest absolute Gasteiger partial charge is 0.319 e. The van der Waals surface area contributed by atoms with Gasteiger partial charge in [0.1, 0.15) is 5.82 Å². The first-order chi connectivity index (χ1) is 10.2. The monoisotopic (exact) mass is 280 g/mol. The molecule has 2 aromatic rings. The number of pyridine rings is 2. The van der Waals surface area contributed by atoms with Crippen LogP contribution >= 0.6 is 0 Å². The van der Waals surface area contributed by atoms with Gasteiger partial charge in [-0.05, 0) is 37.1 Å². The average molecular weight is 280 g/mol. The number of fused-ring (bicyclic) bond motifs is 2. The van der Waals surface area contributed by atoms with Gasteiger partial charge >= 0.3 is 0 Å². The third-order valence-corrected chi connectivity index (χ3v) is 3.41. The summed E-state index contributed by atoms with van der Waals surface area (Å²) in [4.78, 5) is 23.3. The molecule has 5 heteroatoms. The molecule has 0 atom stereocenters. The molecule has 2 aromatic heterocycles.